The third-order valence-corrected chi connectivity index (χ3v) is 1.93. The van der Waals surface area contributed by atoms with Crippen LogP contribution in [-0.4, -0.2) is 22.0 Å². The van der Waals surface area contributed by atoms with Gasteiger partial charge in [0.1, 0.15) is 0 Å². The molecule has 0 aliphatic carbocycles. The zero-order valence-electron chi connectivity index (χ0n) is 7.88. The first-order chi connectivity index (χ1) is 7.20. The van der Waals surface area contributed by atoms with Crippen molar-refractivity contribution in [3.63, 3.8) is 0 Å². The maximum Gasteiger partial charge on any atom is 0.316 e. The number of hydrogen-bond donors (Lipinski definition) is 0. The third-order valence-electron chi connectivity index (χ3n) is 1.93. The lowest BCUT2D eigenvalue weighted by Gasteiger charge is -1.99. The molecule has 76 valence electrons. The Morgan fingerprint density at radius 3 is 2.93 bits per heavy atom. The van der Waals surface area contributed by atoms with Crippen LogP contribution in [0.1, 0.15) is 0 Å². The highest BCUT2D eigenvalue weighted by atomic mass is 16.6. The molecule has 0 aliphatic heterocycles. The number of fused-ring (bicyclic) bond motifs is 1. The van der Waals surface area contributed by atoms with Crippen LogP contribution in [0.4, 0.5) is 5.69 Å². The number of hydrogen-bond acceptors (Lipinski definition) is 5. The minimum atomic E-state index is -0.455. The Hall–Kier alpha value is -2.24. The standard InChI is InChI=1S/C9H7N3O3/c1-15-9-10-5-6-4-7(12(13)14)2-3-8(6)11-9/h2-5H,1H3. The van der Waals surface area contributed by atoms with Crippen molar-refractivity contribution in [2.45, 2.75) is 0 Å². The predicted molar refractivity (Wildman–Crippen MR) is 52.7 cm³/mol. The van der Waals surface area contributed by atoms with E-state index in [1.54, 1.807) is 6.07 Å². The van der Waals surface area contributed by atoms with Crippen LogP contribution in [0.2, 0.25) is 0 Å². The van der Waals surface area contributed by atoms with Gasteiger partial charge in [0.2, 0.25) is 0 Å². The first-order valence-electron chi connectivity index (χ1n) is 4.16. The van der Waals surface area contributed by atoms with Gasteiger partial charge in [-0.05, 0) is 6.07 Å². The average Bonchev–Trinajstić information content (AvgIpc) is 2.27. The molecule has 0 saturated carbocycles. The number of nitro groups is 1. The first kappa shape index (κ1) is 9.32. The van der Waals surface area contributed by atoms with Gasteiger partial charge in [0.15, 0.2) is 0 Å². The Bertz CT molecular complexity index is 527. The molecule has 0 unspecified atom stereocenters. The molecule has 15 heavy (non-hydrogen) atoms. The molecule has 0 atom stereocenters. The summed E-state index contributed by atoms with van der Waals surface area (Å²) in [5.74, 6) is 0. The van der Waals surface area contributed by atoms with Crippen LogP contribution >= 0.6 is 0 Å². The highest BCUT2D eigenvalue weighted by Crippen LogP contribution is 2.19. The zero-order valence-corrected chi connectivity index (χ0v) is 7.88. The maximum absolute atomic E-state index is 10.5. The van der Waals surface area contributed by atoms with E-state index in [0.717, 1.165) is 0 Å². The second-order valence-corrected chi connectivity index (χ2v) is 2.86. The van der Waals surface area contributed by atoms with E-state index in [0.29, 0.717) is 10.9 Å². The quantitative estimate of drug-likeness (QED) is 0.549. The van der Waals surface area contributed by atoms with Gasteiger partial charge in [0.25, 0.3) is 5.69 Å². The summed E-state index contributed by atoms with van der Waals surface area (Å²) < 4.78 is 4.84. The molecular weight excluding hydrogens is 198 g/mol. The van der Waals surface area contributed by atoms with Gasteiger partial charge in [0.05, 0.1) is 17.5 Å². The van der Waals surface area contributed by atoms with Crippen molar-refractivity contribution < 1.29 is 9.66 Å². The van der Waals surface area contributed by atoms with E-state index in [9.17, 15) is 10.1 Å². The van der Waals surface area contributed by atoms with Crippen molar-refractivity contribution >= 4 is 16.6 Å². The molecule has 2 aromatic rings. The third kappa shape index (κ3) is 1.69. The predicted octanol–water partition coefficient (Wildman–Crippen LogP) is 1.55. The molecule has 0 bridgehead atoms. The Labute approximate surface area is 84.7 Å². The number of benzene rings is 1. The largest absolute Gasteiger partial charge is 0.467 e. The van der Waals surface area contributed by atoms with Crippen molar-refractivity contribution in [2.75, 3.05) is 7.11 Å². The van der Waals surface area contributed by atoms with Gasteiger partial charge in [-0.25, -0.2) is 4.98 Å². The molecule has 1 heterocycles. The lowest BCUT2D eigenvalue weighted by Crippen LogP contribution is -1.93. The fraction of sp³-hybridized carbons (Fsp3) is 0.111. The molecule has 0 spiro atoms. The second kappa shape index (κ2) is 3.49. The van der Waals surface area contributed by atoms with Crippen LogP contribution in [0.5, 0.6) is 6.01 Å². The lowest BCUT2D eigenvalue weighted by molar-refractivity contribution is -0.384. The van der Waals surface area contributed by atoms with Crippen molar-refractivity contribution in [2.24, 2.45) is 0 Å². The fourth-order valence-electron chi connectivity index (χ4n) is 1.22. The number of nitro benzene ring substituents is 1. The maximum atomic E-state index is 10.5. The average molecular weight is 205 g/mol. The monoisotopic (exact) mass is 205 g/mol. The lowest BCUT2D eigenvalue weighted by atomic mass is 10.2. The van der Waals surface area contributed by atoms with Gasteiger partial charge in [-0.2, -0.15) is 4.98 Å². The molecule has 6 nitrogen and oxygen atoms in total. The Kier molecular flexibility index (Phi) is 2.17. The van der Waals surface area contributed by atoms with Crippen LogP contribution < -0.4 is 4.74 Å². The SMILES string of the molecule is COc1ncc2cc([N+](=O)[O-])ccc2n1. The normalized spacial score (nSPS) is 10.2. The summed E-state index contributed by atoms with van der Waals surface area (Å²) in [5.41, 5.74) is 0.642. The summed E-state index contributed by atoms with van der Waals surface area (Å²) in [7, 11) is 1.46. The summed E-state index contributed by atoms with van der Waals surface area (Å²) in [6.07, 6.45) is 1.49. The minimum Gasteiger partial charge on any atom is -0.467 e. The van der Waals surface area contributed by atoms with Crippen LogP contribution in [0.15, 0.2) is 24.4 Å². The molecule has 0 radical (unpaired) electrons. The Morgan fingerprint density at radius 2 is 2.27 bits per heavy atom. The fourth-order valence-corrected chi connectivity index (χ4v) is 1.22. The smallest absolute Gasteiger partial charge is 0.316 e. The summed E-state index contributed by atoms with van der Waals surface area (Å²) in [5, 5.41) is 11.1. The number of non-ortho nitro benzene ring substituents is 1. The van der Waals surface area contributed by atoms with Crippen molar-refractivity contribution in [3.05, 3.63) is 34.5 Å². The molecule has 0 saturated heterocycles. The Balaban J connectivity index is 2.59. The zero-order chi connectivity index (χ0) is 10.8. The molecule has 2 rings (SSSR count). The number of methoxy groups -OCH3 is 1. The second-order valence-electron chi connectivity index (χ2n) is 2.86. The molecule has 0 amide bonds. The van der Waals surface area contributed by atoms with Gasteiger partial charge >= 0.3 is 6.01 Å². The molecule has 0 aliphatic rings. The van der Waals surface area contributed by atoms with E-state index in [-0.39, 0.29) is 11.7 Å². The molecular formula is C9H7N3O3. The molecule has 0 fully saturated rings. The van der Waals surface area contributed by atoms with Gasteiger partial charge in [0, 0.05) is 23.7 Å². The number of nitrogens with zero attached hydrogens (tertiary/aromatic N) is 3. The van der Waals surface area contributed by atoms with Gasteiger partial charge in [-0.15, -0.1) is 0 Å². The first-order valence-corrected chi connectivity index (χ1v) is 4.16. The number of ether oxygens (including phenoxy) is 1. The van der Waals surface area contributed by atoms with E-state index in [1.807, 2.05) is 0 Å². The van der Waals surface area contributed by atoms with Crippen LogP contribution in [0.3, 0.4) is 0 Å². The van der Waals surface area contributed by atoms with Crippen molar-refractivity contribution in [1.82, 2.24) is 9.97 Å². The van der Waals surface area contributed by atoms with Crippen molar-refractivity contribution in [3.8, 4) is 6.01 Å². The number of rotatable bonds is 2. The van der Waals surface area contributed by atoms with Crippen molar-refractivity contribution in [1.29, 1.82) is 0 Å². The van der Waals surface area contributed by atoms with Crippen LogP contribution in [0, 0.1) is 10.1 Å². The topological polar surface area (TPSA) is 78.2 Å². The van der Waals surface area contributed by atoms with Gasteiger partial charge in [-0.3, -0.25) is 10.1 Å². The highest BCUT2D eigenvalue weighted by Gasteiger charge is 2.07. The minimum absolute atomic E-state index is 0.0243. The van der Waals surface area contributed by atoms with E-state index in [4.69, 9.17) is 4.74 Å². The summed E-state index contributed by atoms with van der Waals surface area (Å²) >= 11 is 0. The van der Waals surface area contributed by atoms with E-state index < -0.39 is 4.92 Å². The molecule has 1 aromatic heterocycles. The van der Waals surface area contributed by atoms with Crippen LogP contribution in [0.25, 0.3) is 10.9 Å². The van der Waals surface area contributed by atoms with E-state index in [2.05, 4.69) is 9.97 Å². The summed E-state index contributed by atoms with van der Waals surface area (Å²) in [4.78, 5) is 18.0. The van der Waals surface area contributed by atoms with Crippen LogP contribution in [-0.2, 0) is 0 Å². The molecule has 6 heteroatoms. The number of aromatic nitrogens is 2. The molecule has 1 aromatic carbocycles. The van der Waals surface area contributed by atoms with Gasteiger partial charge in [-0.1, -0.05) is 0 Å². The summed E-state index contributed by atoms with van der Waals surface area (Å²) in [6.45, 7) is 0. The van der Waals surface area contributed by atoms with E-state index >= 15 is 0 Å². The van der Waals surface area contributed by atoms with E-state index in [1.165, 1.54) is 25.4 Å². The summed E-state index contributed by atoms with van der Waals surface area (Å²) in [6, 6.07) is 4.64. The Morgan fingerprint density at radius 1 is 1.47 bits per heavy atom. The highest BCUT2D eigenvalue weighted by molar-refractivity contribution is 5.80. The molecule has 0 N–H and O–H groups in total. The van der Waals surface area contributed by atoms with Gasteiger partial charge < -0.3 is 4.74 Å².